The Bertz CT molecular complexity index is 269. The van der Waals surface area contributed by atoms with Gasteiger partial charge in [-0.05, 0) is 12.8 Å². The Balaban J connectivity index is 5.25. The number of esters is 1. The second-order valence-corrected chi connectivity index (χ2v) is 3.20. The molecule has 6 heteroatoms. The minimum absolute atomic E-state index is 0.121. The minimum Gasteiger partial charge on any atom is -0.462 e. The minimum atomic E-state index is -4.78. The first-order chi connectivity index (χ1) is 6.71. The lowest BCUT2D eigenvalue weighted by molar-refractivity contribution is -0.150. The van der Waals surface area contributed by atoms with E-state index >= 15 is 0 Å². The molecule has 0 aromatic heterocycles. The van der Waals surface area contributed by atoms with Crippen LogP contribution in [-0.4, -0.2) is 18.8 Å². The second kappa shape index (κ2) is 5.04. The van der Waals surface area contributed by atoms with Crippen molar-refractivity contribution in [3.05, 3.63) is 11.3 Å². The standard InChI is InChI=1S/C9H14F3NO2/c1-4-15-8(14)6(9(10,11)12)7(13)5(2)3/h5H,4,13H2,1-3H3. The number of carbonyl (C=O) groups excluding carboxylic acids is 1. The topological polar surface area (TPSA) is 52.3 Å². The molecule has 0 rings (SSSR count). The molecule has 0 bridgehead atoms. The molecule has 0 aliphatic heterocycles. The van der Waals surface area contributed by atoms with Gasteiger partial charge in [-0.2, -0.15) is 13.2 Å². The Morgan fingerprint density at radius 2 is 1.87 bits per heavy atom. The molecule has 0 atom stereocenters. The van der Waals surface area contributed by atoms with Crippen molar-refractivity contribution >= 4 is 5.97 Å². The number of nitrogens with two attached hydrogens (primary N) is 1. The van der Waals surface area contributed by atoms with Crippen LogP contribution in [0.5, 0.6) is 0 Å². The molecule has 0 aliphatic rings. The van der Waals surface area contributed by atoms with E-state index in [-0.39, 0.29) is 6.61 Å². The Morgan fingerprint density at radius 3 is 2.13 bits per heavy atom. The van der Waals surface area contributed by atoms with Gasteiger partial charge in [0.1, 0.15) is 0 Å². The SMILES string of the molecule is CCOC(=O)C(=C(N)C(C)C)C(F)(F)F. The summed E-state index contributed by atoms with van der Waals surface area (Å²) in [5.41, 5.74) is 3.33. The Hall–Kier alpha value is -1.20. The fourth-order valence-electron chi connectivity index (χ4n) is 0.889. The van der Waals surface area contributed by atoms with Gasteiger partial charge >= 0.3 is 12.1 Å². The summed E-state index contributed by atoms with van der Waals surface area (Å²) < 4.78 is 41.7. The van der Waals surface area contributed by atoms with Crippen LogP contribution in [0.2, 0.25) is 0 Å². The van der Waals surface area contributed by atoms with Gasteiger partial charge in [-0.15, -0.1) is 0 Å². The van der Waals surface area contributed by atoms with Crippen molar-refractivity contribution in [2.75, 3.05) is 6.61 Å². The van der Waals surface area contributed by atoms with Crippen LogP contribution in [0.15, 0.2) is 11.3 Å². The van der Waals surface area contributed by atoms with Crippen molar-refractivity contribution in [2.45, 2.75) is 26.9 Å². The molecule has 0 aliphatic carbocycles. The summed E-state index contributed by atoms with van der Waals surface area (Å²) >= 11 is 0. The maximum Gasteiger partial charge on any atom is 0.425 e. The van der Waals surface area contributed by atoms with E-state index in [4.69, 9.17) is 5.73 Å². The molecule has 0 aromatic rings. The van der Waals surface area contributed by atoms with Gasteiger partial charge in [-0.25, -0.2) is 4.79 Å². The third kappa shape index (κ3) is 3.81. The first kappa shape index (κ1) is 13.8. The lowest BCUT2D eigenvalue weighted by atomic mass is 10.0. The third-order valence-corrected chi connectivity index (χ3v) is 1.67. The molecule has 0 heterocycles. The zero-order valence-corrected chi connectivity index (χ0v) is 8.81. The van der Waals surface area contributed by atoms with Crippen LogP contribution in [0, 0.1) is 5.92 Å². The fourth-order valence-corrected chi connectivity index (χ4v) is 0.889. The van der Waals surface area contributed by atoms with Gasteiger partial charge in [-0.1, -0.05) is 13.8 Å². The van der Waals surface area contributed by atoms with Gasteiger partial charge in [0, 0.05) is 5.70 Å². The van der Waals surface area contributed by atoms with Gasteiger partial charge in [-0.3, -0.25) is 0 Å². The normalized spacial score (nSPS) is 13.8. The number of alkyl halides is 3. The molecule has 3 nitrogen and oxygen atoms in total. The molecule has 0 spiro atoms. The smallest absolute Gasteiger partial charge is 0.425 e. The average Bonchev–Trinajstić information content (AvgIpc) is 2.01. The van der Waals surface area contributed by atoms with Crippen LogP contribution >= 0.6 is 0 Å². The predicted octanol–water partition coefficient (Wildman–Crippen LogP) is 1.98. The molecule has 0 unspecified atom stereocenters. The Kier molecular flexibility index (Phi) is 4.64. The Morgan fingerprint density at radius 1 is 1.40 bits per heavy atom. The van der Waals surface area contributed by atoms with E-state index in [9.17, 15) is 18.0 Å². The number of hydrogen-bond donors (Lipinski definition) is 1. The molecule has 0 amide bonds. The number of halogens is 3. The van der Waals surface area contributed by atoms with Crippen LogP contribution in [-0.2, 0) is 9.53 Å². The molecule has 0 radical (unpaired) electrons. The molecule has 0 saturated heterocycles. The van der Waals surface area contributed by atoms with E-state index in [0.29, 0.717) is 0 Å². The second-order valence-electron chi connectivity index (χ2n) is 3.20. The number of hydrogen-bond acceptors (Lipinski definition) is 3. The monoisotopic (exact) mass is 225 g/mol. The lowest BCUT2D eigenvalue weighted by Gasteiger charge is -2.15. The number of allylic oxidation sites excluding steroid dienone is 1. The summed E-state index contributed by atoms with van der Waals surface area (Å²) in [7, 11) is 0. The molecule has 0 saturated carbocycles. The van der Waals surface area contributed by atoms with E-state index in [1.54, 1.807) is 0 Å². The average molecular weight is 225 g/mol. The first-order valence-corrected chi connectivity index (χ1v) is 4.45. The molecular weight excluding hydrogens is 211 g/mol. The maximum atomic E-state index is 12.5. The van der Waals surface area contributed by atoms with Gasteiger partial charge < -0.3 is 10.5 Å². The van der Waals surface area contributed by atoms with E-state index in [1.165, 1.54) is 20.8 Å². The highest BCUT2D eigenvalue weighted by atomic mass is 19.4. The van der Waals surface area contributed by atoms with Crippen molar-refractivity contribution in [1.29, 1.82) is 0 Å². The highest BCUT2D eigenvalue weighted by Gasteiger charge is 2.42. The van der Waals surface area contributed by atoms with Crippen LogP contribution in [0.1, 0.15) is 20.8 Å². The maximum absolute atomic E-state index is 12.5. The van der Waals surface area contributed by atoms with Gasteiger partial charge in [0.15, 0.2) is 5.57 Å². The Labute approximate surface area is 86.1 Å². The van der Waals surface area contributed by atoms with Crippen LogP contribution in [0.25, 0.3) is 0 Å². The summed E-state index contributed by atoms with van der Waals surface area (Å²) in [4.78, 5) is 11.1. The van der Waals surface area contributed by atoms with Crippen LogP contribution in [0.3, 0.4) is 0 Å². The zero-order chi connectivity index (χ0) is 12.2. The largest absolute Gasteiger partial charge is 0.462 e. The van der Waals surface area contributed by atoms with Gasteiger partial charge in [0.25, 0.3) is 0 Å². The summed E-state index contributed by atoms with van der Waals surface area (Å²) in [6, 6.07) is 0. The zero-order valence-electron chi connectivity index (χ0n) is 8.81. The van der Waals surface area contributed by atoms with Crippen molar-refractivity contribution in [3.63, 3.8) is 0 Å². The van der Waals surface area contributed by atoms with Crippen molar-refractivity contribution in [2.24, 2.45) is 11.7 Å². The third-order valence-electron chi connectivity index (χ3n) is 1.67. The summed E-state index contributed by atoms with van der Waals surface area (Å²) in [5, 5.41) is 0. The molecule has 15 heavy (non-hydrogen) atoms. The van der Waals surface area contributed by atoms with E-state index in [1.807, 2.05) is 0 Å². The fraction of sp³-hybridized carbons (Fsp3) is 0.667. The van der Waals surface area contributed by atoms with Gasteiger partial charge in [0.05, 0.1) is 6.61 Å². The molecule has 88 valence electrons. The van der Waals surface area contributed by atoms with Crippen LogP contribution < -0.4 is 5.73 Å². The highest BCUT2D eigenvalue weighted by molar-refractivity contribution is 5.90. The summed E-state index contributed by atoms with van der Waals surface area (Å²) in [6.07, 6.45) is -4.78. The highest BCUT2D eigenvalue weighted by Crippen LogP contribution is 2.30. The molecule has 0 fully saturated rings. The quantitative estimate of drug-likeness (QED) is 0.590. The first-order valence-electron chi connectivity index (χ1n) is 4.45. The van der Waals surface area contributed by atoms with E-state index in [2.05, 4.69) is 4.74 Å². The molecule has 0 aromatic carbocycles. The van der Waals surface area contributed by atoms with Crippen molar-refractivity contribution < 1.29 is 22.7 Å². The lowest BCUT2D eigenvalue weighted by Crippen LogP contribution is -2.28. The number of carbonyl (C=O) groups is 1. The van der Waals surface area contributed by atoms with Crippen LogP contribution in [0.4, 0.5) is 13.2 Å². The van der Waals surface area contributed by atoms with Crippen molar-refractivity contribution in [1.82, 2.24) is 0 Å². The number of rotatable bonds is 3. The van der Waals surface area contributed by atoms with Crippen molar-refractivity contribution in [3.8, 4) is 0 Å². The predicted molar refractivity (Wildman–Crippen MR) is 48.7 cm³/mol. The van der Waals surface area contributed by atoms with Gasteiger partial charge in [0.2, 0.25) is 0 Å². The molecule has 2 N–H and O–H groups in total. The number of ether oxygens (including phenoxy) is 1. The summed E-state index contributed by atoms with van der Waals surface area (Å²) in [6.45, 7) is 4.25. The van der Waals surface area contributed by atoms with E-state index < -0.39 is 29.3 Å². The van der Waals surface area contributed by atoms with E-state index in [0.717, 1.165) is 0 Å². The summed E-state index contributed by atoms with van der Waals surface area (Å²) in [5.74, 6) is -1.98. The molecular formula is C9H14F3NO2.